The number of benzene rings is 1. The van der Waals surface area contributed by atoms with Crippen LogP contribution in [-0.2, 0) is 15.4 Å². The zero-order valence-corrected chi connectivity index (χ0v) is 10.5. The summed E-state index contributed by atoms with van der Waals surface area (Å²) in [6, 6.07) is 7.69. The molecule has 3 heteroatoms. The van der Waals surface area contributed by atoms with Crippen LogP contribution in [0, 0.1) is 0 Å². The van der Waals surface area contributed by atoms with Crippen molar-refractivity contribution >= 4 is 23.6 Å². The summed E-state index contributed by atoms with van der Waals surface area (Å²) in [6.45, 7) is 5.46. The summed E-state index contributed by atoms with van der Waals surface area (Å²) >= 11 is 5.68. The molecule has 0 spiro atoms. The first-order valence-corrected chi connectivity index (χ1v) is 5.91. The van der Waals surface area contributed by atoms with Crippen molar-refractivity contribution in [2.24, 2.45) is 0 Å². The number of hydrogen-bond donors (Lipinski definition) is 0. The van der Waals surface area contributed by atoms with E-state index in [1.807, 2.05) is 31.2 Å². The molecule has 0 aliphatic carbocycles. The lowest BCUT2D eigenvalue weighted by atomic mass is 10.1. The zero-order valence-electron chi connectivity index (χ0n) is 9.78. The molecule has 90 valence electrons. The van der Waals surface area contributed by atoms with Gasteiger partial charge in [-0.05, 0) is 23.6 Å². The monoisotopic (exact) mass is 250 g/mol. The second-order valence-corrected chi connectivity index (χ2v) is 3.81. The van der Waals surface area contributed by atoms with Crippen molar-refractivity contribution in [2.45, 2.75) is 19.2 Å². The van der Waals surface area contributed by atoms with E-state index in [0.717, 1.165) is 11.1 Å². The van der Waals surface area contributed by atoms with E-state index in [1.165, 1.54) is 6.26 Å². The molecule has 0 amide bonds. The van der Waals surface area contributed by atoms with Crippen LogP contribution in [-0.4, -0.2) is 5.97 Å². The minimum atomic E-state index is -0.388. The predicted molar refractivity (Wildman–Crippen MR) is 70.6 cm³/mol. The maximum atomic E-state index is 11.3. The summed E-state index contributed by atoms with van der Waals surface area (Å²) < 4.78 is 4.91. The molecule has 0 aliphatic heterocycles. The largest absolute Gasteiger partial charge is 0.431 e. The molecule has 0 unspecified atom stereocenters. The molecule has 0 aromatic heterocycles. The molecule has 17 heavy (non-hydrogen) atoms. The molecule has 0 atom stereocenters. The third-order valence-corrected chi connectivity index (χ3v) is 2.59. The van der Waals surface area contributed by atoms with Gasteiger partial charge in [0.15, 0.2) is 0 Å². The maximum absolute atomic E-state index is 11.3. The normalized spacial score (nSPS) is 10.5. The van der Waals surface area contributed by atoms with Crippen LogP contribution in [0.1, 0.15) is 24.5 Å². The van der Waals surface area contributed by atoms with Gasteiger partial charge in [0.25, 0.3) is 0 Å². The SMILES string of the molecule is C=C(CC)C(=O)OC=Cc1ccc(CCl)cc1. The van der Waals surface area contributed by atoms with Gasteiger partial charge < -0.3 is 4.74 Å². The lowest BCUT2D eigenvalue weighted by Gasteiger charge is -1.99. The smallest absolute Gasteiger partial charge is 0.338 e. The molecule has 2 nitrogen and oxygen atoms in total. The summed E-state index contributed by atoms with van der Waals surface area (Å²) in [5.41, 5.74) is 2.47. The molecule has 1 rings (SSSR count). The fraction of sp³-hybridized carbons (Fsp3) is 0.214. The highest BCUT2D eigenvalue weighted by Gasteiger charge is 2.03. The Kier molecular flexibility index (Phi) is 5.50. The highest BCUT2D eigenvalue weighted by molar-refractivity contribution is 6.17. The maximum Gasteiger partial charge on any atom is 0.338 e. The number of carbonyl (C=O) groups excluding carboxylic acids is 1. The molecular weight excluding hydrogens is 236 g/mol. The minimum Gasteiger partial charge on any atom is -0.431 e. The van der Waals surface area contributed by atoms with Gasteiger partial charge in [-0.3, -0.25) is 0 Å². The van der Waals surface area contributed by atoms with Crippen LogP contribution in [0.3, 0.4) is 0 Å². The van der Waals surface area contributed by atoms with Crippen LogP contribution < -0.4 is 0 Å². The Balaban J connectivity index is 2.53. The van der Waals surface area contributed by atoms with Gasteiger partial charge in [0.2, 0.25) is 0 Å². The molecule has 0 radical (unpaired) electrons. The van der Waals surface area contributed by atoms with Crippen molar-refractivity contribution < 1.29 is 9.53 Å². The average Bonchev–Trinajstić information content (AvgIpc) is 2.38. The third kappa shape index (κ3) is 4.45. The standard InChI is InChI=1S/C14H15ClO2/c1-3-11(2)14(16)17-9-8-12-4-6-13(10-15)7-5-12/h4-9H,2-3,10H2,1H3. The number of rotatable bonds is 5. The van der Waals surface area contributed by atoms with Gasteiger partial charge >= 0.3 is 5.97 Å². The summed E-state index contributed by atoms with van der Waals surface area (Å²) in [5, 5.41) is 0. The van der Waals surface area contributed by atoms with Gasteiger partial charge in [0, 0.05) is 11.5 Å². The van der Waals surface area contributed by atoms with Gasteiger partial charge in [-0.25, -0.2) is 4.79 Å². The van der Waals surface area contributed by atoms with Crippen LogP contribution in [0.25, 0.3) is 6.08 Å². The van der Waals surface area contributed by atoms with Crippen molar-refractivity contribution in [2.75, 3.05) is 0 Å². The lowest BCUT2D eigenvalue weighted by Crippen LogP contribution is -2.01. The number of hydrogen-bond acceptors (Lipinski definition) is 2. The van der Waals surface area contributed by atoms with Crippen LogP contribution in [0.4, 0.5) is 0 Å². The van der Waals surface area contributed by atoms with Gasteiger partial charge in [-0.1, -0.05) is 37.8 Å². The second kappa shape index (κ2) is 6.92. The van der Waals surface area contributed by atoms with E-state index in [0.29, 0.717) is 17.9 Å². The summed E-state index contributed by atoms with van der Waals surface area (Å²) in [7, 11) is 0. The molecule has 0 heterocycles. The first-order valence-electron chi connectivity index (χ1n) is 5.37. The molecule has 1 aromatic rings. The Bertz CT molecular complexity index is 418. The first kappa shape index (κ1) is 13.5. The minimum absolute atomic E-state index is 0.388. The second-order valence-electron chi connectivity index (χ2n) is 3.54. The Morgan fingerprint density at radius 2 is 2.06 bits per heavy atom. The number of ether oxygens (including phenoxy) is 1. The molecule has 0 fully saturated rings. The fourth-order valence-corrected chi connectivity index (χ4v) is 1.30. The van der Waals surface area contributed by atoms with Crippen molar-refractivity contribution in [1.29, 1.82) is 0 Å². The highest BCUT2D eigenvalue weighted by atomic mass is 35.5. The zero-order chi connectivity index (χ0) is 12.7. The van der Waals surface area contributed by atoms with Gasteiger partial charge in [0.1, 0.15) is 0 Å². The van der Waals surface area contributed by atoms with Crippen LogP contribution in [0.2, 0.25) is 0 Å². The first-order chi connectivity index (χ1) is 8.17. The summed E-state index contributed by atoms with van der Waals surface area (Å²) in [5.74, 6) is 0.107. The van der Waals surface area contributed by atoms with Gasteiger partial charge in [-0.2, -0.15) is 0 Å². The molecular formula is C14H15ClO2. The van der Waals surface area contributed by atoms with Gasteiger partial charge in [-0.15, -0.1) is 11.6 Å². The molecule has 0 bridgehead atoms. The summed E-state index contributed by atoms with van der Waals surface area (Å²) in [4.78, 5) is 11.3. The van der Waals surface area contributed by atoms with E-state index in [-0.39, 0.29) is 5.97 Å². The Hall–Kier alpha value is -1.54. The highest BCUT2D eigenvalue weighted by Crippen LogP contribution is 2.08. The fourth-order valence-electron chi connectivity index (χ4n) is 1.12. The Morgan fingerprint density at radius 1 is 1.41 bits per heavy atom. The number of halogens is 1. The van der Waals surface area contributed by atoms with E-state index in [4.69, 9.17) is 16.3 Å². The average molecular weight is 251 g/mol. The van der Waals surface area contributed by atoms with Crippen molar-refractivity contribution in [1.82, 2.24) is 0 Å². The van der Waals surface area contributed by atoms with Crippen LogP contribution in [0.5, 0.6) is 0 Å². The predicted octanol–water partition coefficient (Wildman–Crippen LogP) is 3.91. The van der Waals surface area contributed by atoms with E-state index in [9.17, 15) is 4.79 Å². The summed E-state index contributed by atoms with van der Waals surface area (Å²) in [6.07, 6.45) is 3.69. The number of carbonyl (C=O) groups is 1. The topological polar surface area (TPSA) is 26.3 Å². The van der Waals surface area contributed by atoms with E-state index in [1.54, 1.807) is 6.08 Å². The van der Waals surface area contributed by atoms with Crippen molar-refractivity contribution in [3.8, 4) is 0 Å². The number of esters is 1. The van der Waals surface area contributed by atoms with E-state index in [2.05, 4.69) is 6.58 Å². The lowest BCUT2D eigenvalue weighted by molar-refractivity contribution is -0.133. The van der Waals surface area contributed by atoms with Gasteiger partial charge in [0.05, 0.1) is 6.26 Å². The Labute approximate surface area is 107 Å². The van der Waals surface area contributed by atoms with E-state index >= 15 is 0 Å². The van der Waals surface area contributed by atoms with E-state index < -0.39 is 0 Å². The Morgan fingerprint density at radius 3 is 2.59 bits per heavy atom. The third-order valence-electron chi connectivity index (χ3n) is 2.29. The molecule has 0 saturated heterocycles. The van der Waals surface area contributed by atoms with Crippen molar-refractivity contribution in [3.05, 3.63) is 53.8 Å². The molecule has 0 aliphatic rings. The molecule has 0 saturated carbocycles. The quantitative estimate of drug-likeness (QED) is 0.343. The van der Waals surface area contributed by atoms with Crippen molar-refractivity contribution in [3.63, 3.8) is 0 Å². The molecule has 0 N–H and O–H groups in total. The molecule has 1 aromatic carbocycles. The van der Waals surface area contributed by atoms with Crippen LogP contribution >= 0.6 is 11.6 Å². The number of alkyl halides is 1. The van der Waals surface area contributed by atoms with Crippen LogP contribution in [0.15, 0.2) is 42.7 Å².